The molecule has 0 radical (unpaired) electrons. The number of nitrogens with zero attached hydrogens (tertiary/aromatic N) is 1. The molecule has 2 aromatic rings. The molecule has 0 fully saturated rings. The molecule has 0 spiro atoms. The molecule has 0 amide bonds. The van der Waals surface area contributed by atoms with Crippen LogP contribution < -0.4 is 4.90 Å². The Bertz CT molecular complexity index is 842. The molecule has 0 saturated heterocycles. The fourth-order valence-corrected chi connectivity index (χ4v) is 3.92. The molecule has 1 heteroatoms. The molecule has 0 N–H and O–H groups in total. The van der Waals surface area contributed by atoms with Gasteiger partial charge in [0.25, 0.3) is 0 Å². The Kier molecular flexibility index (Phi) is 6.57. The van der Waals surface area contributed by atoms with Crippen LogP contribution in [0.25, 0.3) is 11.1 Å². The lowest BCUT2D eigenvalue weighted by atomic mass is 9.89. The largest absolute Gasteiger partial charge is 0.338 e. The monoisotopic (exact) mass is 371 g/mol. The highest BCUT2D eigenvalue weighted by Gasteiger charge is 2.26. The topological polar surface area (TPSA) is 3.24 Å². The average molecular weight is 372 g/mol. The van der Waals surface area contributed by atoms with E-state index >= 15 is 0 Å². The van der Waals surface area contributed by atoms with Gasteiger partial charge in [0.1, 0.15) is 0 Å². The predicted molar refractivity (Wildman–Crippen MR) is 123 cm³/mol. The maximum absolute atomic E-state index is 4.19. The van der Waals surface area contributed by atoms with Crippen LogP contribution in [0.3, 0.4) is 0 Å². The van der Waals surface area contributed by atoms with E-state index in [0.717, 1.165) is 12.8 Å². The summed E-state index contributed by atoms with van der Waals surface area (Å²) in [7, 11) is 0. The summed E-state index contributed by atoms with van der Waals surface area (Å²) in [5.41, 5.74) is 6.60. The first kappa shape index (κ1) is 20.2. The third-order valence-corrected chi connectivity index (χ3v) is 6.16. The van der Waals surface area contributed by atoms with Crippen molar-refractivity contribution in [2.24, 2.45) is 11.8 Å². The molecule has 3 rings (SSSR count). The Morgan fingerprint density at radius 2 is 1.68 bits per heavy atom. The van der Waals surface area contributed by atoms with E-state index in [2.05, 4.69) is 112 Å². The summed E-state index contributed by atoms with van der Waals surface area (Å²) in [5.74, 6) is 1.11. The van der Waals surface area contributed by atoms with E-state index in [1.165, 1.54) is 28.1 Å². The Morgan fingerprint density at radius 1 is 1.04 bits per heavy atom. The van der Waals surface area contributed by atoms with Crippen molar-refractivity contribution in [1.29, 1.82) is 0 Å². The van der Waals surface area contributed by atoms with Crippen LogP contribution in [-0.2, 0) is 0 Å². The lowest BCUT2D eigenvalue weighted by molar-refractivity contribution is 0.477. The molecule has 1 aliphatic carbocycles. The quantitative estimate of drug-likeness (QED) is 0.452. The van der Waals surface area contributed by atoms with Crippen molar-refractivity contribution in [1.82, 2.24) is 0 Å². The minimum Gasteiger partial charge on any atom is -0.338 e. The van der Waals surface area contributed by atoms with E-state index in [-0.39, 0.29) is 6.04 Å². The number of rotatable bonds is 7. The van der Waals surface area contributed by atoms with Crippen molar-refractivity contribution in [2.45, 2.75) is 46.6 Å². The van der Waals surface area contributed by atoms with E-state index in [4.69, 9.17) is 0 Å². The fourth-order valence-electron chi connectivity index (χ4n) is 3.92. The first-order valence-electron chi connectivity index (χ1n) is 10.5. The summed E-state index contributed by atoms with van der Waals surface area (Å²) in [6.07, 6.45) is 8.91. The highest BCUT2D eigenvalue weighted by molar-refractivity contribution is 5.67. The lowest BCUT2D eigenvalue weighted by Gasteiger charge is -2.39. The van der Waals surface area contributed by atoms with Gasteiger partial charge in [-0.2, -0.15) is 0 Å². The van der Waals surface area contributed by atoms with Crippen LogP contribution in [0, 0.1) is 11.8 Å². The number of benzene rings is 2. The van der Waals surface area contributed by atoms with Crippen molar-refractivity contribution in [3.8, 4) is 11.1 Å². The van der Waals surface area contributed by atoms with Gasteiger partial charge < -0.3 is 4.90 Å². The molecule has 2 aromatic carbocycles. The summed E-state index contributed by atoms with van der Waals surface area (Å²) in [6.45, 7) is 13.3. The van der Waals surface area contributed by atoms with Crippen LogP contribution in [0.4, 0.5) is 5.69 Å². The van der Waals surface area contributed by atoms with Gasteiger partial charge in [-0.25, -0.2) is 0 Å². The van der Waals surface area contributed by atoms with Gasteiger partial charge in [-0.05, 0) is 54.5 Å². The summed E-state index contributed by atoms with van der Waals surface area (Å²) < 4.78 is 0. The average Bonchev–Trinajstić information content (AvgIpc) is 2.74. The molecule has 0 saturated carbocycles. The normalized spacial score (nSPS) is 18.6. The number of anilines is 1. The van der Waals surface area contributed by atoms with Gasteiger partial charge in [-0.1, -0.05) is 87.4 Å². The van der Waals surface area contributed by atoms with E-state index in [0.29, 0.717) is 11.8 Å². The first-order chi connectivity index (χ1) is 13.5. The van der Waals surface area contributed by atoms with E-state index < -0.39 is 0 Å². The molecule has 146 valence electrons. The van der Waals surface area contributed by atoms with Crippen molar-refractivity contribution in [2.75, 3.05) is 4.90 Å². The van der Waals surface area contributed by atoms with Crippen LogP contribution in [0.1, 0.15) is 40.5 Å². The molecular formula is C27H33N. The third kappa shape index (κ3) is 4.30. The maximum atomic E-state index is 4.19. The van der Waals surface area contributed by atoms with Crippen molar-refractivity contribution in [3.63, 3.8) is 0 Å². The Labute approximate surface area is 171 Å². The zero-order valence-electron chi connectivity index (χ0n) is 17.7. The molecule has 28 heavy (non-hydrogen) atoms. The van der Waals surface area contributed by atoms with E-state index in [9.17, 15) is 0 Å². The van der Waals surface area contributed by atoms with Gasteiger partial charge in [0, 0.05) is 11.4 Å². The van der Waals surface area contributed by atoms with Gasteiger partial charge in [-0.3, -0.25) is 0 Å². The number of hydrogen-bond acceptors (Lipinski definition) is 1. The SMILES string of the molecule is C=CC(C(C)CC)N(C1=CC=C(C)C(C)C1)c1ccc(-c2ccccc2)cc1. The highest BCUT2D eigenvalue weighted by atomic mass is 15.2. The molecule has 1 aliphatic rings. The van der Waals surface area contributed by atoms with E-state index in [1.54, 1.807) is 0 Å². The second-order valence-electron chi connectivity index (χ2n) is 8.07. The van der Waals surface area contributed by atoms with Gasteiger partial charge in [-0.15, -0.1) is 6.58 Å². The molecular weight excluding hydrogens is 338 g/mol. The molecule has 0 aromatic heterocycles. The lowest BCUT2D eigenvalue weighted by Crippen LogP contribution is -2.38. The number of allylic oxidation sites excluding steroid dienone is 4. The van der Waals surface area contributed by atoms with E-state index in [1.807, 2.05) is 0 Å². The summed E-state index contributed by atoms with van der Waals surface area (Å²) in [4.78, 5) is 2.51. The van der Waals surface area contributed by atoms with Gasteiger partial charge in [0.05, 0.1) is 6.04 Å². The zero-order valence-corrected chi connectivity index (χ0v) is 17.7. The van der Waals surface area contributed by atoms with Crippen LogP contribution in [0.5, 0.6) is 0 Å². The van der Waals surface area contributed by atoms with Crippen molar-refractivity contribution in [3.05, 3.63) is 90.7 Å². The minimum atomic E-state index is 0.290. The van der Waals surface area contributed by atoms with Gasteiger partial charge in [0.2, 0.25) is 0 Å². The maximum Gasteiger partial charge on any atom is 0.0541 e. The molecule has 0 aliphatic heterocycles. The minimum absolute atomic E-state index is 0.290. The molecule has 3 atom stereocenters. The summed E-state index contributed by atoms with van der Waals surface area (Å²) in [5, 5.41) is 0. The highest BCUT2D eigenvalue weighted by Crippen LogP contribution is 2.35. The molecule has 0 bridgehead atoms. The Balaban J connectivity index is 2.00. The second-order valence-corrected chi connectivity index (χ2v) is 8.07. The first-order valence-corrected chi connectivity index (χ1v) is 10.5. The fraction of sp³-hybridized carbons (Fsp3) is 0.333. The van der Waals surface area contributed by atoms with Crippen LogP contribution >= 0.6 is 0 Å². The van der Waals surface area contributed by atoms with Crippen LogP contribution in [0.15, 0.2) is 90.7 Å². The zero-order chi connectivity index (χ0) is 20.1. The Morgan fingerprint density at radius 3 is 2.25 bits per heavy atom. The molecule has 3 unspecified atom stereocenters. The smallest absolute Gasteiger partial charge is 0.0541 e. The summed E-state index contributed by atoms with van der Waals surface area (Å²) >= 11 is 0. The molecule has 1 nitrogen and oxygen atoms in total. The number of hydrogen-bond donors (Lipinski definition) is 0. The van der Waals surface area contributed by atoms with Crippen molar-refractivity contribution < 1.29 is 0 Å². The van der Waals surface area contributed by atoms with Gasteiger partial charge >= 0.3 is 0 Å². The van der Waals surface area contributed by atoms with Crippen molar-refractivity contribution >= 4 is 5.69 Å². The summed E-state index contributed by atoms with van der Waals surface area (Å²) in [6, 6.07) is 19.9. The standard InChI is InChI=1S/C27H33N/c1-6-20(3)27(7-2)28(26-16-13-21(4)22(5)19-26)25-17-14-24(15-18-25)23-11-9-8-10-12-23/h7-18,20,22,27H,2,6,19H2,1,3-5H3. The third-order valence-electron chi connectivity index (χ3n) is 6.16. The second kappa shape index (κ2) is 9.10. The van der Waals surface area contributed by atoms with Crippen LogP contribution in [0.2, 0.25) is 0 Å². The predicted octanol–water partition coefficient (Wildman–Crippen LogP) is 7.63. The Hall–Kier alpha value is -2.54. The molecule has 0 heterocycles. The van der Waals surface area contributed by atoms with Crippen LogP contribution in [-0.4, -0.2) is 6.04 Å². The van der Waals surface area contributed by atoms with Gasteiger partial charge in [0.15, 0.2) is 0 Å².